The number of carbonyl (C=O) groups is 2. The Hall–Kier alpha value is -1.88. The molecule has 2 heterocycles. The number of carbonyl (C=O) groups excluding carboxylic acids is 2. The fraction of sp³-hybridized carbons (Fsp3) is 0.765. The Kier molecular flexibility index (Phi) is 7.63. The second-order valence-corrected chi connectivity index (χ2v) is 8.40. The van der Waals surface area contributed by atoms with Crippen LogP contribution >= 0.6 is 0 Å². The van der Waals surface area contributed by atoms with E-state index < -0.39 is 65.6 Å². The molecule has 2 aliphatic rings. The van der Waals surface area contributed by atoms with Gasteiger partial charge in [0.15, 0.2) is 5.78 Å². The summed E-state index contributed by atoms with van der Waals surface area (Å²) in [5, 5.41) is 0. The third-order valence-corrected chi connectivity index (χ3v) is 6.05. The van der Waals surface area contributed by atoms with Crippen molar-refractivity contribution in [2.75, 3.05) is 0 Å². The van der Waals surface area contributed by atoms with Gasteiger partial charge in [0.1, 0.15) is 29.6 Å². The minimum absolute atomic E-state index is 0.0611. The summed E-state index contributed by atoms with van der Waals surface area (Å²) in [6.45, 7) is 0. The molecule has 20 N–H and O–H groups in total. The number of fused-ring (bicyclic) bond motifs is 1. The minimum Gasteiger partial charge on any atom is -0.455 e. The first-order valence-electron chi connectivity index (χ1n) is 10.0. The van der Waals surface area contributed by atoms with Crippen LogP contribution in [0.25, 0.3) is 0 Å². The third-order valence-electron chi connectivity index (χ3n) is 6.05. The fourth-order valence-electron chi connectivity index (χ4n) is 3.62. The highest BCUT2D eigenvalue weighted by Crippen LogP contribution is 2.40. The average Bonchev–Trinajstić information content (AvgIpc) is 3.37. The van der Waals surface area contributed by atoms with Crippen LogP contribution in [0.2, 0.25) is 0 Å². The molecule has 0 aromatic rings. The highest BCUT2D eigenvalue weighted by molar-refractivity contribution is 5.94. The molecule has 0 spiro atoms. The fourth-order valence-corrected chi connectivity index (χ4v) is 3.62. The Morgan fingerprint density at radius 2 is 1.65 bits per heavy atom. The quantitative estimate of drug-likeness (QED) is 0.102. The van der Waals surface area contributed by atoms with Crippen LogP contribution < -0.4 is 57.3 Å². The molecule has 0 amide bonds. The monoisotopic (exact) mass is 444 g/mol. The summed E-state index contributed by atoms with van der Waals surface area (Å²) in [6, 6.07) is -6.09. The lowest BCUT2D eigenvalue weighted by Crippen LogP contribution is -2.77. The standard InChI is InChI=1S/C17H36N10O4/c18-5-7(20)8-4-9-16(25,31-9)3-1-2-6(19)10(21)11(22)14(28)17(26,27)13(24)12(23)15(29)30-8/h5-6,8-13H,1-4,18-27H2/b7-5-/t6-,8?,9-,10-,11+,12?,13-,16+/m0/s1. The van der Waals surface area contributed by atoms with E-state index in [2.05, 4.69) is 0 Å². The van der Waals surface area contributed by atoms with Gasteiger partial charge in [0.05, 0.1) is 17.8 Å². The highest BCUT2D eigenvalue weighted by Gasteiger charge is 2.54. The van der Waals surface area contributed by atoms with Gasteiger partial charge in [0, 0.05) is 24.7 Å². The summed E-state index contributed by atoms with van der Waals surface area (Å²) in [4.78, 5) is 25.4. The summed E-state index contributed by atoms with van der Waals surface area (Å²) in [6.07, 6.45) is 1.17. The van der Waals surface area contributed by atoms with Crippen LogP contribution in [-0.2, 0) is 19.1 Å². The summed E-state index contributed by atoms with van der Waals surface area (Å²) >= 11 is 0. The van der Waals surface area contributed by atoms with Crippen LogP contribution in [0.1, 0.15) is 25.7 Å². The Morgan fingerprint density at radius 1 is 1.03 bits per heavy atom. The van der Waals surface area contributed by atoms with E-state index >= 15 is 0 Å². The topological polar surface area (TPSA) is 316 Å². The number of epoxide rings is 1. The van der Waals surface area contributed by atoms with Gasteiger partial charge < -0.3 is 66.8 Å². The van der Waals surface area contributed by atoms with Crippen molar-refractivity contribution in [1.29, 1.82) is 0 Å². The zero-order valence-electron chi connectivity index (χ0n) is 17.4. The number of hydrogen-bond donors (Lipinski definition) is 10. The first-order valence-corrected chi connectivity index (χ1v) is 10.0. The minimum atomic E-state index is -2.27. The smallest absolute Gasteiger partial charge is 0.325 e. The van der Waals surface area contributed by atoms with Gasteiger partial charge in [-0.1, -0.05) is 0 Å². The summed E-state index contributed by atoms with van der Waals surface area (Å²) in [7, 11) is 0. The van der Waals surface area contributed by atoms with Gasteiger partial charge in [0.2, 0.25) is 0 Å². The molecule has 2 rings (SSSR count). The van der Waals surface area contributed by atoms with Gasteiger partial charge in [-0.05, 0) is 19.3 Å². The molecule has 2 saturated heterocycles. The molecule has 31 heavy (non-hydrogen) atoms. The number of ketones is 1. The van der Waals surface area contributed by atoms with Crippen LogP contribution in [0, 0.1) is 0 Å². The lowest BCUT2D eigenvalue weighted by molar-refractivity contribution is -0.150. The SMILES string of the molecule is N/C=C(\N)C1C[C@@H]2O[C@]2(N)CCC[C@H](N)[C@H](N)[C@@H](N)C(=O)C(N)(N)[C@@H](N)C(N)C(=O)O1. The van der Waals surface area contributed by atoms with Gasteiger partial charge in [-0.2, -0.15) is 0 Å². The van der Waals surface area contributed by atoms with Crippen LogP contribution in [0.15, 0.2) is 11.9 Å². The number of nitrogens with two attached hydrogens (primary N) is 10. The van der Waals surface area contributed by atoms with E-state index in [0.29, 0.717) is 19.3 Å². The van der Waals surface area contributed by atoms with Gasteiger partial charge in [-0.25, -0.2) is 0 Å². The van der Waals surface area contributed by atoms with E-state index in [0.717, 1.165) is 6.20 Å². The van der Waals surface area contributed by atoms with Crippen molar-refractivity contribution in [1.82, 2.24) is 0 Å². The first-order chi connectivity index (χ1) is 14.3. The van der Waals surface area contributed by atoms with Crippen LogP contribution in [0.4, 0.5) is 0 Å². The lowest BCUT2D eigenvalue weighted by atomic mass is 9.84. The zero-order valence-corrected chi connectivity index (χ0v) is 17.4. The molecule has 0 aromatic heterocycles. The summed E-state index contributed by atoms with van der Waals surface area (Å²) in [5.74, 6) is -1.89. The number of esters is 1. The van der Waals surface area contributed by atoms with E-state index in [1.165, 1.54) is 0 Å². The van der Waals surface area contributed by atoms with Gasteiger partial charge in [-0.3, -0.25) is 9.59 Å². The Bertz CT molecular complexity index is 719. The van der Waals surface area contributed by atoms with Crippen molar-refractivity contribution < 1.29 is 19.1 Å². The molecule has 0 aromatic carbocycles. The van der Waals surface area contributed by atoms with Crippen molar-refractivity contribution in [2.45, 2.75) is 79.5 Å². The zero-order chi connectivity index (χ0) is 23.7. The number of hydrogen-bond acceptors (Lipinski definition) is 14. The third kappa shape index (κ3) is 5.31. The second-order valence-electron chi connectivity index (χ2n) is 8.40. The Balaban J connectivity index is 2.33. The molecule has 2 unspecified atom stereocenters. The molecule has 178 valence electrons. The van der Waals surface area contributed by atoms with Crippen molar-refractivity contribution in [3.05, 3.63) is 11.9 Å². The number of cyclic esters (lactones) is 1. The van der Waals surface area contributed by atoms with E-state index in [4.69, 9.17) is 66.8 Å². The maximum Gasteiger partial charge on any atom is 0.325 e. The average molecular weight is 445 g/mol. The van der Waals surface area contributed by atoms with Crippen molar-refractivity contribution in [3.63, 3.8) is 0 Å². The largest absolute Gasteiger partial charge is 0.455 e. The van der Waals surface area contributed by atoms with Crippen LogP contribution in [0.3, 0.4) is 0 Å². The molecule has 0 aliphatic carbocycles. The number of Topliss-reactive ketones (excluding diaryl/α,β-unsaturated/α-hetero) is 1. The molecule has 14 nitrogen and oxygen atoms in total. The predicted molar refractivity (Wildman–Crippen MR) is 113 cm³/mol. The molecule has 14 heteroatoms. The highest BCUT2D eigenvalue weighted by atomic mass is 16.6. The summed E-state index contributed by atoms with van der Waals surface area (Å²) < 4.78 is 11.0. The predicted octanol–water partition coefficient (Wildman–Crippen LogP) is -5.90. The molecule has 0 radical (unpaired) electrons. The van der Waals surface area contributed by atoms with Gasteiger partial charge >= 0.3 is 5.97 Å². The Morgan fingerprint density at radius 3 is 2.23 bits per heavy atom. The molecular formula is C17H36N10O4. The van der Waals surface area contributed by atoms with E-state index in [1.54, 1.807) is 0 Å². The van der Waals surface area contributed by atoms with Crippen LogP contribution in [0.5, 0.6) is 0 Å². The van der Waals surface area contributed by atoms with E-state index in [9.17, 15) is 9.59 Å². The Labute approximate surface area is 180 Å². The van der Waals surface area contributed by atoms with E-state index in [1.807, 2.05) is 0 Å². The second kappa shape index (κ2) is 9.32. The first kappa shape index (κ1) is 25.4. The van der Waals surface area contributed by atoms with Gasteiger partial charge in [-0.15, -0.1) is 0 Å². The molecule has 8 atom stereocenters. The summed E-state index contributed by atoms with van der Waals surface area (Å²) in [5.41, 5.74) is 56.2. The lowest BCUT2D eigenvalue weighted by Gasteiger charge is -2.36. The normalized spacial score (nSPS) is 43.1. The number of ether oxygens (including phenoxy) is 2. The maximum absolute atomic E-state index is 12.8. The molecule has 0 saturated carbocycles. The molecule has 0 bridgehead atoms. The van der Waals surface area contributed by atoms with Crippen molar-refractivity contribution >= 4 is 11.8 Å². The van der Waals surface area contributed by atoms with Crippen molar-refractivity contribution in [2.24, 2.45) is 57.3 Å². The van der Waals surface area contributed by atoms with Gasteiger partial charge in [0.25, 0.3) is 0 Å². The van der Waals surface area contributed by atoms with E-state index in [-0.39, 0.29) is 12.1 Å². The number of rotatable bonds is 1. The van der Waals surface area contributed by atoms with Crippen LogP contribution in [-0.4, -0.2) is 65.6 Å². The van der Waals surface area contributed by atoms with Crippen molar-refractivity contribution in [3.8, 4) is 0 Å². The molecule has 2 aliphatic heterocycles. The molecular weight excluding hydrogens is 408 g/mol. The maximum atomic E-state index is 12.8. The molecule has 2 fully saturated rings.